The van der Waals surface area contributed by atoms with E-state index in [0.717, 1.165) is 0 Å². The quantitative estimate of drug-likeness (QED) is 0.892. The molecule has 1 aromatic rings. The number of anilines is 1. The van der Waals surface area contributed by atoms with Gasteiger partial charge in [-0.15, -0.1) is 0 Å². The van der Waals surface area contributed by atoms with Crippen LogP contribution in [-0.4, -0.2) is 21.3 Å². The molecule has 16 heavy (non-hydrogen) atoms. The summed E-state index contributed by atoms with van der Waals surface area (Å²) in [7, 11) is -2.28. The molecular weight excluding hydrogens is 252 g/mol. The van der Waals surface area contributed by atoms with Crippen LogP contribution in [0.25, 0.3) is 0 Å². The number of rotatable bonds is 4. The lowest BCUT2D eigenvalue weighted by molar-refractivity contribution is 0.417. The van der Waals surface area contributed by atoms with E-state index in [4.69, 9.17) is 21.6 Å². The number of nitriles is 1. The lowest BCUT2D eigenvalue weighted by Gasteiger charge is -2.10. The maximum absolute atomic E-state index is 11.3. The van der Waals surface area contributed by atoms with Crippen LogP contribution in [0.15, 0.2) is 18.2 Å². The van der Waals surface area contributed by atoms with E-state index in [-0.39, 0.29) is 5.69 Å². The van der Waals surface area contributed by atoms with Crippen LogP contribution in [-0.2, 0) is 10.0 Å². The Morgan fingerprint density at radius 3 is 2.81 bits per heavy atom. The SMILES string of the molecule is COc1ccc(Cl)cc1NS(=O)(=O)CC#N. The summed E-state index contributed by atoms with van der Waals surface area (Å²) in [5, 5.41) is 8.71. The number of nitrogens with one attached hydrogen (secondary N) is 1. The van der Waals surface area contributed by atoms with Crippen molar-refractivity contribution in [2.24, 2.45) is 0 Å². The average molecular weight is 261 g/mol. The highest BCUT2D eigenvalue weighted by Crippen LogP contribution is 2.28. The lowest BCUT2D eigenvalue weighted by Crippen LogP contribution is -2.16. The Morgan fingerprint density at radius 2 is 2.25 bits per heavy atom. The highest BCUT2D eigenvalue weighted by atomic mass is 35.5. The molecule has 1 N–H and O–H groups in total. The number of hydrogen-bond donors (Lipinski definition) is 1. The van der Waals surface area contributed by atoms with Gasteiger partial charge in [-0.3, -0.25) is 4.72 Å². The predicted molar refractivity (Wildman–Crippen MR) is 61.0 cm³/mol. The van der Waals surface area contributed by atoms with Crippen LogP contribution in [0, 0.1) is 11.3 Å². The third-order valence-electron chi connectivity index (χ3n) is 1.68. The predicted octanol–water partition coefficient (Wildman–Crippen LogP) is 1.61. The molecule has 0 aromatic heterocycles. The number of halogens is 1. The maximum atomic E-state index is 11.3. The molecule has 0 bridgehead atoms. The van der Waals surface area contributed by atoms with E-state index >= 15 is 0 Å². The van der Waals surface area contributed by atoms with E-state index in [2.05, 4.69) is 4.72 Å². The van der Waals surface area contributed by atoms with Gasteiger partial charge < -0.3 is 4.74 Å². The van der Waals surface area contributed by atoms with Gasteiger partial charge >= 0.3 is 0 Å². The number of benzene rings is 1. The molecule has 1 aromatic carbocycles. The van der Waals surface area contributed by atoms with Crippen molar-refractivity contribution in [3.05, 3.63) is 23.2 Å². The summed E-state index contributed by atoms with van der Waals surface area (Å²) in [5.41, 5.74) is 0.213. The summed E-state index contributed by atoms with van der Waals surface area (Å²) in [6.07, 6.45) is 0. The van der Waals surface area contributed by atoms with Crippen LogP contribution in [0.4, 0.5) is 5.69 Å². The van der Waals surface area contributed by atoms with Gasteiger partial charge in [0.25, 0.3) is 0 Å². The van der Waals surface area contributed by atoms with Crippen LogP contribution >= 0.6 is 11.6 Å². The molecule has 0 atom stereocenters. The fourth-order valence-corrected chi connectivity index (χ4v) is 1.96. The van der Waals surface area contributed by atoms with Gasteiger partial charge in [0.15, 0.2) is 5.75 Å². The first-order chi connectivity index (χ1) is 7.48. The second kappa shape index (κ2) is 5.05. The molecule has 0 heterocycles. The van der Waals surface area contributed by atoms with E-state index in [0.29, 0.717) is 10.8 Å². The van der Waals surface area contributed by atoms with Crippen molar-refractivity contribution in [2.75, 3.05) is 17.6 Å². The first-order valence-corrected chi connectivity index (χ1v) is 6.22. The molecule has 0 aliphatic heterocycles. The van der Waals surface area contributed by atoms with Gasteiger partial charge in [-0.1, -0.05) is 11.6 Å². The van der Waals surface area contributed by atoms with Gasteiger partial charge in [0, 0.05) is 5.02 Å². The summed E-state index contributed by atoms with van der Waals surface area (Å²) in [4.78, 5) is 0. The Bertz CT molecular complexity index is 522. The van der Waals surface area contributed by atoms with E-state index in [1.54, 1.807) is 12.1 Å². The standard InChI is InChI=1S/C9H9ClN2O3S/c1-15-9-3-2-7(10)6-8(9)12-16(13,14)5-4-11/h2-3,6,12H,5H2,1H3. The molecule has 0 aliphatic carbocycles. The minimum absolute atomic E-state index is 0.213. The molecule has 1 rings (SSSR count). The van der Waals surface area contributed by atoms with Crippen LogP contribution < -0.4 is 9.46 Å². The smallest absolute Gasteiger partial charge is 0.246 e. The molecule has 0 saturated carbocycles. The van der Waals surface area contributed by atoms with Crippen molar-refractivity contribution < 1.29 is 13.2 Å². The fraction of sp³-hybridized carbons (Fsp3) is 0.222. The first kappa shape index (κ1) is 12.6. The van der Waals surface area contributed by atoms with Crippen molar-refractivity contribution >= 4 is 27.3 Å². The molecule has 0 spiro atoms. The summed E-state index contributed by atoms with van der Waals surface area (Å²) >= 11 is 5.72. The van der Waals surface area contributed by atoms with E-state index in [1.165, 1.54) is 19.2 Å². The maximum Gasteiger partial charge on any atom is 0.246 e. The second-order valence-corrected chi connectivity index (χ2v) is 5.02. The number of hydrogen-bond acceptors (Lipinski definition) is 4. The Hall–Kier alpha value is -1.45. The molecule has 0 radical (unpaired) electrons. The molecular formula is C9H9ClN2O3S. The highest BCUT2D eigenvalue weighted by Gasteiger charge is 2.13. The van der Waals surface area contributed by atoms with Crippen molar-refractivity contribution in [3.8, 4) is 11.8 Å². The van der Waals surface area contributed by atoms with Crippen LogP contribution in [0.1, 0.15) is 0 Å². The molecule has 0 amide bonds. The lowest BCUT2D eigenvalue weighted by atomic mass is 10.3. The van der Waals surface area contributed by atoms with E-state index in [1.807, 2.05) is 0 Å². The summed E-state index contributed by atoms with van der Waals surface area (Å²) in [6.45, 7) is 0. The van der Waals surface area contributed by atoms with Gasteiger partial charge in [-0.25, -0.2) is 8.42 Å². The molecule has 5 nitrogen and oxygen atoms in total. The monoisotopic (exact) mass is 260 g/mol. The van der Waals surface area contributed by atoms with Gasteiger partial charge in [-0.05, 0) is 18.2 Å². The molecule has 7 heteroatoms. The van der Waals surface area contributed by atoms with Gasteiger partial charge in [0.05, 0.1) is 18.9 Å². The molecule has 0 saturated heterocycles. The zero-order valence-electron chi connectivity index (χ0n) is 8.40. The van der Waals surface area contributed by atoms with Crippen LogP contribution in [0.5, 0.6) is 5.75 Å². The summed E-state index contributed by atoms with van der Waals surface area (Å²) < 4.78 is 29.9. The summed E-state index contributed by atoms with van der Waals surface area (Å²) in [6, 6.07) is 6.07. The number of methoxy groups -OCH3 is 1. The van der Waals surface area contributed by atoms with Gasteiger partial charge in [0.2, 0.25) is 10.0 Å². The van der Waals surface area contributed by atoms with Crippen LogP contribution in [0.2, 0.25) is 5.02 Å². The third-order valence-corrected chi connectivity index (χ3v) is 2.96. The second-order valence-electron chi connectivity index (χ2n) is 2.86. The number of sulfonamides is 1. The zero-order valence-corrected chi connectivity index (χ0v) is 9.97. The summed E-state index contributed by atoms with van der Waals surface area (Å²) in [5.74, 6) is -0.284. The van der Waals surface area contributed by atoms with Crippen molar-refractivity contribution in [1.82, 2.24) is 0 Å². The minimum atomic E-state index is -3.68. The van der Waals surface area contributed by atoms with Gasteiger partial charge in [-0.2, -0.15) is 5.26 Å². The Morgan fingerprint density at radius 1 is 1.56 bits per heavy atom. The van der Waals surface area contributed by atoms with Crippen molar-refractivity contribution in [3.63, 3.8) is 0 Å². The largest absolute Gasteiger partial charge is 0.495 e. The fourth-order valence-electron chi connectivity index (χ4n) is 1.05. The zero-order chi connectivity index (χ0) is 12.2. The van der Waals surface area contributed by atoms with E-state index < -0.39 is 15.8 Å². The van der Waals surface area contributed by atoms with Crippen molar-refractivity contribution in [1.29, 1.82) is 5.26 Å². The van der Waals surface area contributed by atoms with Gasteiger partial charge in [0.1, 0.15) is 5.75 Å². The molecule has 0 fully saturated rings. The molecule has 0 aliphatic rings. The molecule has 86 valence electrons. The Balaban J connectivity index is 3.06. The minimum Gasteiger partial charge on any atom is -0.495 e. The molecule has 0 unspecified atom stereocenters. The first-order valence-electron chi connectivity index (χ1n) is 4.19. The Kier molecular flexibility index (Phi) is 3.99. The number of nitrogens with zero attached hydrogens (tertiary/aromatic N) is 1. The topological polar surface area (TPSA) is 79.2 Å². The average Bonchev–Trinajstić information content (AvgIpc) is 2.17. The third kappa shape index (κ3) is 3.29. The normalized spacial score (nSPS) is 10.6. The van der Waals surface area contributed by atoms with E-state index in [9.17, 15) is 8.42 Å². The number of ether oxygens (including phenoxy) is 1. The Labute approximate surface area is 98.6 Å². The highest BCUT2D eigenvalue weighted by molar-refractivity contribution is 7.92. The van der Waals surface area contributed by atoms with Crippen molar-refractivity contribution in [2.45, 2.75) is 0 Å². The van der Waals surface area contributed by atoms with Crippen LogP contribution in [0.3, 0.4) is 0 Å².